The second-order valence-electron chi connectivity index (χ2n) is 2.55. The van der Waals surface area contributed by atoms with E-state index in [0.29, 0.717) is 34.6 Å². The minimum atomic E-state index is -2.97. The maximum atomic E-state index is 12.8. The van der Waals surface area contributed by atoms with Crippen LogP contribution in [-0.4, -0.2) is 11.5 Å². The second kappa shape index (κ2) is 4.37. The van der Waals surface area contributed by atoms with Crippen molar-refractivity contribution in [2.24, 2.45) is 0 Å². The summed E-state index contributed by atoms with van der Waals surface area (Å²) in [5.41, 5.74) is 0.469. The van der Waals surface area contributed by atoms with Crippen molar-refractivity contribution in [2.45, 2.75) is 10.2 Å². The average molecular weight is 214 g/mol. The minimum absolute atomic E-state index is 0.398. The van der Waals surface area contributed by atoms with Gasteiger partial charge in [-0.25, -0.2) is 0 Å². The van der Waals surface area contributed by atoms with Gasteiger partial charge in [-0.1, -0.05) is 18.7 Å². The molecule has 0 fully saturated rings. The lowest BCUT2D eigenvalue weighted by atomic mass is 10.2. The third-order valence-electron chi connectivity index (χ3n) is 1.51. The Morgan fingerprint density at radius 1 is 1.29 bits per heavy atom. The van der Waals surface area contributed by atoms with Gasteiger partial charge in [0.1, 0.15) is 6.29 Å². The second-order valence-corrected chi connectivity index (χ2v) is 3.77. The average Bonchev–Trinajstić information content (AvgIpc) is 2.19. The fraction of sp³-hybridized carbons (Fsp3) is 0.100. The minimum Gasteiger partial charge on any atom is -0.298 e. The molecule has 1 nitrogen and oxygen atoms in total. The number of rotatable bonds is 4. The molecular formula is C10H8F2OS. The summed E-state index contributed by atoms with van der Waals surface area (Å²) < 4.78 is 25.6. The Labute approximate surface area is 84.8 Å². The van der Waals surface area contributed by atoms with Gasteiger partial charge in [-0.05, 0) is 30.0 Å². The third kappa shape index (κ3) is 2.96. The van der Waals surface area contributed by atoms with Gasteiger partial charge in [0.05, 0.1) is 0 Å². The van der Waals surface area contributed by atoms with Gasteiger partial charge >= 0.3 is 5.25 Å². The Morgan fingerprint density at radius 2 is 1.86 bits per heavy atom. The molecule has 0 bridgehead atoms. The summed E-state index contributed by atoms with van der Waals surface area (Å²) in [6, 6.07) is 5.95. The van der Waals surface area contributed by atoms with Crippen molar-refractivity contribution in [1.29, 1.82) is 0 Å². The van der Waals surface area contributed by atoms with Crippen molar-refractivity contribution < 1.29 is 13.6 Å². The lowest BCUT2D eigenvalue weighted by molar-refractivity contribution is 0.112. The normalized spacial score (nSPS) is 11.0. The predicted molar refractivity (Wildman–Crippen MR) is 52.8 cm³/mol. The monoisotopic (exact) mass is 214 g/mol. The molecule has 0 saturated carbocycles. The molecule has 0 aliphatic rings. The molecule has 0 aliphatic heterocycles. The standard InChI is InChI=1S/C10H8F2OS/c1-2-10(11,12)14-9-5-3-8(7-13)4-6-9/h2-7H,1H2. The first kappa shape index (κ1) is 10.9. The molecule has 4 heteroatoms. The smallest absolute Gasteiger partial charge is 0.298 e. The van der Waals surface area contributed by atoms with Gasteiger partial charge in [0, 0.05) is 10.5 Å². The molecule has 0 N–H and O–H groups in total. The highest BCUT2D eigenvalue weighted by molar-refractivity contribution is 8.00. The maximum Gasteiger partial charge on any atom is 0.316 e. The van der Waals surface area contributed by atoms with Gasteiger partial charge in [-0.2, -0.15) is 8.78 Å². The summed E-state index contributed by atoms with van der Waals surface area (Å²) in [7, 11) is 0. The number of halogens is 2. The summed E-state index contributed by atoms with van der Waals surface area (Å²) in [4.78, 5) is 10.7. The van der Waals surface area contributed by atoms with E-state index in [1.54, 1.807) is 0 Å². The summed E-state index contributed by atoms with van der Waals surface area (Å²) in [5, 5.41) is -2.97. The number of carbonyl (C=O) groups excluding carboxylic acids is 1. The van der Waals surface area contributed by atoms with E-state index >= 15 is 0 Å². The zero-order chi connectivity index (χ0) is 10.6. The zero-order valence-electron chi connectivity index (χ0n) is 7.24. The van der Waals surface area contributed by atoms with E-state index in [4.69, 9.17) is 0 Å². The van der Waals surface area contributed by atoms with Crippen LogP contribution in [0.5, 0.6) is 0 Å². The van der Waals surface area contributed by atoms with Crippen LogP contribution in [0.15, 0.2) is 41.8 Å². The number of aldehydes is 1. The van der Waals surface area contributed by atoms with Crippen molar-refractivity contribution >= 4 is 18.0 Å². The van der Waals surface area contributed by atoms with E-state index < -0.39 is 5.25 Å². The molecule has 0 unspecified atom stereocenters. The van der Waals surface area contributed by atoms with Crippen molar-refractivity contribution in [1.82, 2.24) is 0 Å². The largest absolute Gasteiger partial charge is 0.316 e. The quantitative estimate of drug-likeness (QED) is 0.434. The molecule has 1 rings (SSSR count). The lowest BCUT2D eigenvalue weighted by Gasteiger charge is -2.09. The van der Waals surface area contributed by atoms with Crippen LogP contribution in [0.4, 0.5) is 8.78 Å². The van der Waals surface area contributed by atoms with Crippen LogP contribution in [0.3, 0.4) is 0 Å². The number of benzene rings is 1. The van der Waals surface area contributed by atoms with E-state index in [-0.39, 0.29) is 0 Å². The van der Waals surface area contributed by atoms with Gasteiger partial charge in [0.25, 0.3) is 0 Å². The molecule has 0 atom stereocenters. The molecule has 74 valence electrons. The molecular weight excluding hydrogens is 206 g/mol. The van der Waals surface area contributed by atoms with E-state index in [2.05, 4.69) is 6.58 Å². The van der Waals surface area contributed by atoms with Crippen LogP contribution in [0, 0.1) is 0 Å². The first-order valence-corrected chi connectivity index (χ1v) is 4.65. The number of hydrogen-bond acceptors (Lipinski definition) is 2. The van der Waals surface area contributed by atoms with Crippen LogP contribution in [0.1, 0.15) is 10.4 Å². The van der Waals surface area contributed by atoms with Crippen molar-refractivity contribution in [3.05, 3.63) is 42.5 Å². The van der Waals surface area contributed by atoms with Crippen molar-refractivity contribution in [3.63, 3.8) is 0 Å². The zero-order valence-corrected chi connectivity index (χ0v) is 8.06. The first-order valence-electron chi connectivity index (χ1n) is 3.83. The fourth-order valence-corrected chi connectivity index (χ4v) is 1.48. The molecule has 1 aromatic carbocycles. The Balaban J connectivity index is 2.78. The van der Waals surface area contributed by atoms with Gasteiger partial charge in [0.2, 0.25) is 0 Å². The maximum absolute atomic E-state index is 12.8. The lowest BCUT2D eigenvalue weighted by Crippen LogP contribution is -2.03. The van der Waals surface area contributed by atoms with Crippen molar-refractivity contribution in [3.8, 4) is 0 Å². The highest BCUT2D eigenvalue weighted by atomic mass is 32.2. The van der Waals surface area contributed by atoms with Gasteiger partial charge < -0.3 is 0 Å². The summed E-state index contributed by atoms with van der Waals surface area (Å²) in [6.07, 6.45) is 1.26. The predicted octanol–water partition coefficient (Wildman–Crippen LogP) is 3.37. The van der Waals surface area contributed by atoms with E-state index in [0.717, 1.165) is 0 Å². The molecule has 0 radical (unpaired) electrons. The van der Waals surface area contributed by atoms with E-state index in [1.165, 1.54) is 24.3 Å². The van der Waals surface area contributed by atoms with Crippen LogP contribution in [0.25, 0.3) is 0 Å². The molecule has 14 heavy (non-hydrogen) atoms. The highest BCUT2D eigenvalue weighted by Crippen LogP contribution is 2.36. The van der Waals surface area contributed by atoms with Gasteiger partial charge in [0.15, 0.2) is 0 Å². The van der Waals surface area contributed by atoms with Gasteiger partial charge in [-0.3, -0.25) is 4.79 Å². The Bertz CT molecular complexity index is 332. The number of hydrogen-bond donors (Lipinski definition) is 0. The fourth-order valence-electron chi connectivity index (χ4n) is 0.813. The highest BCUT2D eigenvalue weighted by Gasteiger charge is 2.25. The van der Waals surface area contributed by atoms with Crippen LogP contribution in [0.2, 0.25) is 0 Å². The number of thioether (sulfide) groups is 1. The number of carbonyl (C=O) groups is 1. The first-order chi connectivity index (χ1) is 6.57. The molecule has 0 aromatic heterocycles. The Kier molecular flexibility index (Phi) is 3.41. The van der Waals surface area contributed by atoms with E-state index in [1.807, 2.05) is 0 Å². The van der Waals surface area contributed by atoms with Gasteiger partial charge in [-0.15, -0.1) is 0 Å². The molecule has 0 aliphatic carbocycles. The molecule has 1 aromatic rings. The molecule has 0 amide bonds. The summed E-state index contributed by atoms with van der Waals surface area (Å²) in [5.74, 6) is 0. The SMILES string of the molecule is C=CC(F)(F)Sc1ccc(C=O)cc1. The van der Waals surface area contributed by atoms with E-state index in [9.17, 15) is 13.6 Å². The third-order valence-corrected chi connectivity index (χ3v) is 2.45. The molecule has 0 spiro atoms. The summed E-state index contributed by atoms with van der Waals surface area (Å²) in [6.45, 7) is 3.04. The Hall–Kier alpha value is -1.16. The van der Waals surface area contributed by atoms with Crippen molar-refractivity contribution in [2.75, 3.05) is 0 Å². The molecule has 0 saturated heterocycles. The number of alkyl halides is 2. The van der Waals surface area contributed by atoms with Crippen LogP contribution >= 0.6 is 11.8 Å². The topological polar surface area (TPSA) is 17.1 Å². The summed E-state index contributed by atoms with van der Waals surface area (Å²) >= 11 is 0.398. The van der Waals surface area contributed by atoms with Crippen LogP contribution < -0.4 is 0 Å². The Morgan fingerprint density at radius 3 is 2.29 bits per heavy atom. The van der Waals surface area contributed by atoms with Crippen LogP contribution in [-0.2, 0) is 0 Å². The molecule has 0 heterocycles.